The number of non-ortho nitro benzene ring substituents is 1. The molecule has 0 saturated carbocycles. The van der Waals surface area contributed by atoms with E-state index < -0.39 is 28.1 Å². The molecule has 0 aliphatic heterocycles. The predicted molar refractivity (Wildman–Crippen MR) is 66.7 cm³/mol. The highest BCUT2D eigenvalue weighted by Crippen LogP contribution is 2.22. The summed E-state index contributed by atoms with van der Waals surface area (Å²) >= 11 is 0. The number of hydrogen-bond donors (Lipinski definition) is 1. The first-order valence-corrected chi connectivity index (χ1v) is 5.59. The van der Waals surface area contributed by atoms with Gasteiger partial charge in [0, 0.05) is 18.2 Å². The molecule has 0 amide bonds. The van der Waals surface area contributed by atoms with Crippen molar-refractivity contribution in [3.63, 3.8) is 0 Å². The first kappa shape index (κ1) is 13.9. The monoisotopic (exact) mass is 282 g/mol. The summed E-state index contributed by atoms with van der Waals surface area (Å²) in [6.45, 7) is -0.271. The first-order valence-electron chi connectivity index (χ1n) is 5.59. The van der Waals surface area contributed by atoms with E-state index in [2.05, 4.69) is 5.32 Å². The lowest BCUT2D eigenvalue weighted by Gasteiger charge is -2.09. The highest BCUT2D eigenvalue weighted by Gasteiger charge is 2.12. The third-order valence-electron chi connectivity index (χ3n) is 2.68. The molecule has 104 valence electrons. The van der Waals surface area contributed by atoms with Gasteiger partial charge in [-0.05, 0) is 18.2 Å². The highest BCUT2D eigenvalue weighted by molar-refractivity contribution is 5.50. The minimum absolute atomic E-state index is 0.0711. The summed E-state index contributed by atoms with van der Waals surface area (Å²) in [4.78, 5) is 9.72. The zero-order valence-corrected chi connectivity index (χ0v) is 10.1. The van der Waals surface area contributed by atoms with E-state index in [1.165, 1.54) is 6.07 Å². The van der Waals surface area contributed by atoms with Crippen LogP contribution in [0.2, 0.25) is 0 Å². The molecule has 2 aromatic carbocycles. The number of nitrogens with zero attached hydrogens (tertiary/aromatic N) is 1. The smallest absolute Gasteiger partial charge is 0.272 e. The van der Waals surface area contributed by atoms with E-state index in [9.17, 15) is 23.3 Å². The van der Waals surface area contributed by atoms with Crippen molar-refractivity contribution < 1.29 is 18.1 Å². The van der Waals surface area contributed by atoms with Crippen LogP contribution in [-0.4, -0.2) is 4.92 Å². The van der Waals surface area contributed by atoms with Gasteiger partial charge < -0.3 is 5.32 Å². The molecule has 0 heterocycles. The molecule has 0 bridgehead atoms. The van der Waals surface area contributed by atoms with E-state index in [0.717, 1.165) is 30.3 Å². The van der Waals surface area contributed by atoms with Crippen molar-refractivity contribution in [1.29, 1.82) is 0 Å². The summed E-state index contributed by atoms with van der Waals surface area (Å²) in [6.07, 6.45) is 0. The number of hydrogen-bond acceptors (Lipinski definition) is 3. The molecule has 20 heavy (non-hydrogen) atoms. The summed E-state index contributed by atoms with van der Waals surface area (Å²) in [5.74, 6) is -2.37. The fourth-order valence-corrected chi connectivity index (χ4v) is 1.65. The molecular formula is C13H9F3N2O2. The minimum Gasteiger partial charge on any atom is -0.378 e. The Hall–Kier alpha value is -2.57. The Morgan fingerprint density at radius 2 is 1.70 bits per heavy atom. The third-order valence-corrected chi connectivity index (χ3v) is 2.68. The minimum atomic E-state index is -0.865. The van der Waals surface area contributed by atoms with Crippen molar-refractivity contribution in [3.8, 4) is 0 Å². The van der Waals surface area contributed by atoms with Crippen LogP contribution < -0.4 is 5.32 Å². The van der Waals surface area contributed by atoms with Crippen molar-refractivity contribution in [3.05, 3.63) is 69.5 Å². The molecule has 0 atom stereocenters. The van der Waals surface area contributed by atoms with E-state index in [-0.39, 0.29) is 17.8 Å². The second-order valence-electron chi connectivity index (χ2n) is 3.98. The van der Waals surface area contributed by atoms with Crippen molar-refractivity contribution in [2.75, 3.05) is 5.32 Å². The van der Waals surface area contributed by atoms with Crippen LogP contribution in [0.25, 0.3) is 0 Å². The summed E-state index contributed by atoms with van der Waals surface area (Å²) in [7, 11) is 0. The van der Waals surface area contributed by atoms with Gasteiger partial charge in [-0.3, -0.25) is 10.1 Å². The van der Waals surface area contributed by atoms with Crippen LogP contribution in [0.15, 0.2) is 36.4 Å². The van der Waals surface area contributed by atoms with Gasteiger partial charge in [-0.1, -0.05) is 6.07 Å². The van der Waals surface area contributed by atoms with Gasteiger partial charge in [-0.2, -0.15) is 0 Å². The molecule has 0 aliphatic rings. The Bertz CT molecular complexity index is 642. The molecule has 4 nitrogen and oxygen atoms in total. The van der Waals surface area contributed by atoms with Gasteiger partial charge in [0.2, 0.25) is 0 Å². The van der Waals surface area contributed by atoms with E-state index >= 15 is 0 Å². The quantitative estimate of drug-likeness (QED) is 0.688. The van der Waals surface area contributed by atoms with Crippen molar-refractivity contribution in [2.24, 2.45) is 0 Å². The van der Waals surface area contributed by atoms with Gasteiger partial charge in [0.15, 0.2) is 5.82 Å². The van der Waals surface area contributed by atoms with Crippen LogP contribution in [-0.2, 0) is 6.54 Å². The summed E-state index contributed by atoms with van der Waals surface area (Å²) in [6, 6.07) is 6.38. The lowest BCUT2D eigenvalue weighted by molar-refractivity contribution is -0.385. The topological polar surface area (TPSA) is 55.2 Å². The van der Waals surface area contributed by atoms with Crippen LogP contribution in [0.3, 0.4) is 0 Å². The molecule has 0 fully saturated rings. The molecule has 0 aromatic heterocycles. The van der Waals surface area contributed by atoms with Gasteiger partial charge in [-0.25, -0.2) is 13.2 Å². The Balaban J connectivity index is 2.17. The second-order valence-corrected chi connectivity index (χ2v) is 3.98. The van der Waals surface area contributed by atoms with E-state index in [0.29, 0.717) is 0 Å². The normalized spacial score (nSPS) is 10.3. The molecule has 0 aliphatic carbocycles. The number of nitro groups is 1. The number of benzene rings is 2. The predicted octanol–water partition coefficient (Wildman–Crippen LogP) is 3.62. The van der Waals surface area contributed by atoms with Crippen molar-refractivity contribution in [2.45, 2.75) is 6.54 Å². The van der Waals surface area contributed by atoms with Crippen LogP contribution >= 0.6 is 0 Å². The number of nitrogens with one attached hydrogen (secondary N) is 1. The number of halogens is 3. The van der Waals surface area contributed by atoms with Crippen molar-refractivity contribution >= 4 is 11.4 Å². The van der Waals surface area contributed by atoms with Gasteiger partial charge in [0.05, 0.1) is 16.7 Å². The average Bonchev–Trinajstić information content (AvgIpc) is 2.39. The van der Waals surface area contributed by atoms with Gasteiger partial charge in [-0.15, -0.1) is 0 Å². The van der Waals surface area contributed by atoms with Crippen LogP contribution in [0.5, 0.6) is 0 Å². The second kappa shape index (κ2) is 5.60. The molecular weight excluding hydrogens is 273 g/mol. The van der Waals surface area contributed by atoms with E-state index in [4.69, 9.17) is 0 Å². The van der Waals surface area contributed by atoms with Crippen molar-refractivity contribution in [1.82, 2.24) is 0 Å². The standard InChI is InChI=1S/C13H9F3N2O2/c14-10-2-1-3-11(15)9(10)7-17-13-5-4-8(18(19)20)6-12(13)16/h1-6,17H,7H2. The summed E-state index contributed by atoms with van der Waals surface area (Å²) in [5.41, 5.74) is -0.700. The Morgan fingerprint density at radius 1 is 1.05 bits per heavy atom. The van der Waals surface area contributed by atoms with Gasteiger partial charge in [0.1, 0.15) is 11.6 Å². The molecule has 0 radical (unpaired) electrons. The molecule has 7 heteroatoms. The SMILES string of the molecule is O=[N+]([O-])c1ccc(NCc2c(F)cccc2F)c(F)c1. The number of nitro benzene ring substituents is 1. The third kappa shape index (κ3) is 2.87. The largest absolute Gasteiger partial charge is 0.378 e. The van der Waals surface area contributed by atoms with Crippen LogP contribution in [0.1, 0.15) is 5.56 Å². The zero-order chi connectivity index (χ0) is 14.7. The summed E-state index contributed by atoms with van der Waals surface area (Å²) < 4.78 is 40.3. The molecule has 2 rings (SSSR count). The molecule has 2 aromatic rings. The average molecular weight is 282 g/mol. The Morgan fingerprint density at radius 3 is 2.25 bits per heavy atom. The van der Waals surface area contributed by atoms with E-state index in [1.807, 2.05) is 0 Å². The molecule has 1 N–H and O–H groups in total. The fraction of sp³-hybridized carbons (Fsp3) is 0.0769. The lowest BCUT2D eigenvalue weighted by atomic mass is 10.2. The molecule has 0 spiro atoms. The lowest BCUT2D eigenvalue weighted by Crippen LogP contribution is -2.06. The molecule has 0 saturated heterocycles. The maximum atomic E-state index is 13.6. The zero-order valence-electron chi connectivity index (χ0n) is 10.1. The highest BCUT2D eigenvalue weighted by atomic mass is 19.1. The first-order chi connectivity index (χ1) is 9.49. The maximum absolute atomic E-state index is 13.6. The number of rotatable bonds is 4. The fourth-order valence-electron chi connectivity index (χ4n) is 1.65. The maximum Gasteiger partial charge on any atom is 0.272 e. The van der Waals surface area contributed by atoms with Crippen LogP contribution in [0.4, 0.5) is 24.5 Å². The Kier molecular flexibility index (Phi) is 3.88. The van der Waals surface area contributed by atoms with Crippen LogP contribution in [0, 0.1) is 27.6 Å². The van der Waals surface area contributed by atoms with E-state index in [1.54, 1.807) is 0 Å². The Labute approximate surface area is 112 Å². The molecule has 0 unspecified atom stereocenters. The summed E-state index contributed by atoms with van der Waals surface area (Å²) in [5, 5.41) is 13.0. The van der Waals surface area contributed by atoms with Gasteiger partial charge >= 0.3 is 0 Å². The van der Waals surface area contributed by atoms with Gasteiger partial charge in [0.25, 0.3) is 5.69 Å². The number of anilines is 1.